The molecule has 23 heavy (non-hydrogen) atoms. The fourth-order valence-corrected chi connectivity index (χ4v) is 3.20. The lowest BCUT2D eigenvalue weighted by atomic mass is 10.1. The highest BCUT2D eigenvalue weighted by atomic mass is 32.2. The van der Waals surface area contributed by atoms with Gasteiger partial charge in [-0.25, -0.2) is 8.42 Å². The van der Waals surface area contributed by atoms with Crippen LogP contribution < -0.4 is 0 Å². The Kier molecular flexibility index (Phi) is 5.21. The summed E-state index contributed by atoms with van der Waals surface area (Å²) in [6, 6.07) is 6.84. The fourth-order valence-electron chi connectivity index (χ4n) is 2.57. The first-order chi connectivity index (χ1) is 10.7. The Labute approximate surface area is 137 Å². The summed E-state index contributed by atoms with van der Waals surface area (Å²) in [4.78, 5) is 26.8. The van der Waals surface area contributed by atoms with Gasteiger partial charge in [-0.15, -0.1) is 0 Å². The maximum Gasteiger partial charge on any atom is 0.229 e. The van der Waals surface area contributed by atoms with Crippen LogP contribution in [0.15, 0.2) is 29.2 Å². The van der Waals surface area contributed by atoms with Crippen molar-refractivity contribution < 1.29 is 18.0 Å². The monoisotopic (exact) mass is 338 g/mol. The summed E-state index contributed by atoms with van der Waals surface area (Å²) in [5.74, 6) is -0.206. The molecular weight excluding hydrogens is 316 g/mol. The van der Waals surface area contributed by atoms with Crippen molar-refractivity contribution in [1.29, 1.82) is 0 Å². The second kappa shape index (κ2) is 6.80. The Hall–Kier alpha value is -1.73. The molecular formula is C16H22N2O4S. The number of carbonyl (C=O) groups excluding carboxylic acids is 2. The van der Waals surface area contributed by atoms with Crippen LogP contribution in [0.1, 0.15) is 31.4 Å². The topological polar surface area (TPSA) is 74.8 Å². The number of carbonyl (C=O) groups is 2. The highest BCUT2D eigenvalue weighted by Crippen LogP contribution is 2.21. The van der Waals surface area contributed by atoms with Crippen LogP contribution in [-0.2, 0) is 19.4 Å². The highest BCUT2D eigenvalue weighted by Gasteiger charge is 2.28. The van der Waals surface area contributed by atoms with Crippen molar-refractivity contribution in [1.82, 2.24) is 9.80 Å². The maximum absolute atomic E-state index is 11.6. The highest BCUT2D eigenvalue weighted by molar-refractivity contribution is 7.90. The molecule has 1 aromatic carbocycles. The summed E-state index contributed by atoms with van der Waals surface area (Å²) >= 11 is 0. The van der Waals surface area contributed by atoms with E-state index in [1.165, 1.54) is 11.2 Å². The smallest absolute Gasteiger partial charge is 0.229 e. The van der Waals surface area contributed by atoms with Crippen molar-refractivity contribution in [3.05, 3.63) is 29.8 Å². The van der Waals surface area contributed by atoms with Gasteiger partial charge in [-0.2, -0.15) is 0 Å². The van der Waals surface area contributed by atoms with E-state index in [4.69, 9.17) is 0 Å². The van der Waals surface area contributed by atoms with Crippen LogP contribution in [0, 0.1) is 0 Å². The Morgan fingerprint density at radius 3 is 2.13 bits per heavy atom. The van der Waals surface area contributed by atoms with E-state index < -0.39 is 9.84 Å². The first-order valence-corrected chi connectivity index (χ1v) is 9.42. The number of rotatable bonds is 6. The van der Waals surface area contributed by atoms with Crippen LogP contribution >= 0.6 is 0 Å². The van der Waals surface area contributed by atoms with Crippen LogP contribution in [0.25, 0.3) is 0 Å². The number of sulfone groups is 1. The lowest BCUT2D eigenvalue weighted by Crippen LogP contribution is -2.37. The first-order valence-electron chi connectivity index (χ1n) is 7.53. The summed E-state index contributed by atoms with van der Waals surface area (Å²) in [5, 5.41) is 0. The van der Waals surface area contributed by atoms with E-state index >= 15 is 0 Å². The summed E-state index contributed by atoms with van der Waals surface area (Å²) in [6.07, 6.45) is 1.80. The minimum Gasteiger partial charge on any atom is -0.298 e. The maximum atomic E-state index is 11.6. The van der Waals surface area contributed by atoms with Crippen molar-refractivity contribution in [2.75, 3.05) is 26.4 Å². The molecule has 0 bridgehead atoms. The minimum atomic E-state index is -3.19. The summed E-state index contributed by atoms with van der Waals surface area (Å²) in [5.41, 5.74) is 0.985. The van der Waals surface area contributed by atoms with Crippen LogP contribution in [-0.4, -0.2) is 56.4 Å². The molecule has 1 aliphatic heterocycles. The van der Waals surface area contributed by atoms with Gasteiger partial charge in [-0.3, -0.25) is 19.4 Å². The molecule has 1 unspecified atom stereocenters. The van der Waals surface area contributed by atoms with Crippen molar-refractivity contribution in [3.8, 4) is 0 Å². The lowest BCUT2D eigenvalue weighted by molar-refractivity contribution is -0.138. The average Bonchev–Trinajstić information content (AvgIpc) is 2.82. The lowest BCUT2D eigenvalue weighted by Gasteiger charge is -2.27. The number of benzene rings is 1. The third-order valence-electron chi connectivity index (χ3n) is 4.28. The van der Waals surface area contributed by atoms with Gasteiger partial charge in [0.05, 0.1) is 4.90 Å². The van der Waals surface area contributed by atoms with E-state index in [1.54, 1.807) is 24.3 Å². The van der Waals surface area contributed by atoms with Crippen molar-refractivity contribution in [2.24, 2.45) is 0 Å². The molecule has 1 saturated heterocycles. The van der Waals surface area contributed by atoms with Crippen molar-refractivity contribution >= 4 is 21.7 Å². The number of nitrogens with zero attached hydrogens (tertiary/aromatic N) is 2. The third kappa shape index (κ3) is 4.17. The molecule has 0 aliphatic carbocycles. The molecule has 0 radical (unpaired) electrons. The summed E-state index contributed by atoms with van der Waals surface area (Å²) < 4.78 is 23.0. The van der Waals surface area contributed by atoms with Gasteiger partial charge in [-0.05, 0) is 31.7 Å². The molecule has 0 saturated carbocycles. The van der Waals surface area contributed by atoms with Gasteiger partial charge in [0.1, 0.15) is 0 Å². The predicted molar refractivity (Wildman–Crippen MR) is 86.6 cm³/mol. The third-order valence-corrected chi connectivity index (χ3v) is 5.41. The standard InChI is InChI=1S/C16H22N2O4S/c1-12(13-4-6-14(7-5-13)23(3,21)22)17(2)10-11-18-15(19)8-9-16(18)20/h4-7,12H,8-11H2,1-3H3. The second-order valence-corrected chi connectivity index (χ2v) is 7.95. The van der Waals surface area contributed by atoms with Crippen molar-refractivity contribution in [2.45, 2.75) is 30.7 Å². The van der Waals surface area contributed by atoms with E-state index in [1.807, 2.05) is 18.9 Å². The van der Waals surface area contributed by atoms with E-state index in [0.717, 1.165) is 5.56 Å². The molecule has 6 nitrogen and oxygen atoms in total. The van der Waals surface area contributed by atoms with Gasteiger partial charge in [0.15, 0.2) is 9.84 Å². The quantitative estimate of drug-likeness (QED) is 0.730. The minimum absolute atomic E-state index is 0.0522. The first kappa shape index (κ1) is 17.6. The zero-order valence-electron chi connectivity index (χ0n) is 13.7. The molecule has 1 fully saturated rings. The van der Waals surface area contributed by atoms with E-state index in [0.29, 0.717) is 30.8 Å². The molecule has 1 heterocycles. The SMILES string of the molecule is CC(c1ccc(S(C)(=O)=O)cc1)N(C)CCN1C(=O)CCC1=O. The normalized spacial score (nSPS) is 17.1. The van der Waals surface area contributed by atoms with E-state index in [9.17, 15) is 18.0 Å². The largest absolute Gasteiger partial charge is 0.298 e. The predicted octanol–water partition coefficient (Wildman–Crippen LogP) is 1.23. The van der Waals surface area contributed by atoms with Crippen LogP contribution in [0.5, 0.6) is 0 Å². The van der Waals surface area contributed by atoms with Crippen LogP contribution in [0.3, 0.4) is 0 Å². The Morgan fingerprint density at radius 2 is 1.65 bits per heavy atom. The second-order valence-electron chi connectivity index (χ2n) is 5.94. The van der Waals surface area contributed by atoms with Crippen LogP contribution in [0.2, 0.25) is 0 Å². The molecule has 126 valence electrons. The molecule has 1 aromatic rings. The Morgan fingerprint density at radius 1 is 1.13 bits per heavy atom. The number of imide groups is 1. The molecule has 0 aromatic heterocycles. The number of likely N-dealkylation sites (tertiary alicyclic amines) is 1. The van der Waals surface area contributed by atoms with Crippen molar-refractivity contribution in [3.63, 3.8) is 0 Å². The molecule has 0 spiro atoms. The zero-order chi connectivity index (χ0) is 17.2. The van der Waals surface area contributed by atoms with Gasteiger partial charge in [-0.1, -0.05) is 12.1 Å². The van der Waals surface area contributed by atoms with E-state index in [-0.39, 0.29) is 17.9 Å². The number of likely N-dealkylation sites (N-methyl/N-ethyl adjacent to an activating group) is 1. The molecule has 2 rings (SSSR count). The van der Waals surface area contributed by atoms with Gasteiger partial charge in [0, 0.05) is 38.2 Å². The zero-order valence-corrected chi connectivity index (χ0v) is 14.5. The summed E-state index contributed by atoms with van der Waals surface area (Å²) in [7, 11) is -1.28. The fraction of sp³-hybridized carbons (Fsp3) is 0.500. The number of amides is 2. The van der Waals surface area contributed by atoms with Gasteiger partial charge in [0.2, 0.25) is 11.8 Å². The molecule has 1 aliphatic rings. The van der Waals surface area contributed by atoms with Crippen LogP contribution in [0.4, 0.5) is 0 Å². The summed E-state index contributed by atoms with van der Waals surface area (Å²) in [6.45, 7) is 2.97. The van der Waals surface area contributed by atoms with E-state index in [2.05, 4.69) is 0 Å². The molecule has 0 N–H and O–H groups in total. The number of hydrogen-bond donors (Lipinski definition) is 0. The van der Waals surface area contributed by atoms with Gasteiger partial charge < -0.3 is 0 Å². The Bertz CT molecular complexity index is 681. The van der Waals surface area contributed by atoms with Gasteiger partial charge >= 0.3 is 0 Å². The Balaban J connectivity index is 1.98. The molecule has 7 heteroatoms. The van der Waals surface area contributed by atoms with Gasteiger partial charge in [0.25, 0.3) is 0 Å². The molecule has 1 atom stereocenters. The molecule has 2 amide bonds. The number of hydrogen-bond acceptors (Lipinski definition) is 5. The average molecular weight is 338 g/mol.